The third-order valence-electron chi connectivity index (χ3n) is 5.60. The fourth-order valence-electron chi connectivity index (χ4n) is 3.96. The molecule has 0 aromatic carbocycles. The van der Waals surface area contributed by atoms with E-state index in [1.54, 1.807) is 6.20 Å². The second kappa shape index (κ2) is 9.29. The first kappa shape index (κ1) is 18.3. The molecule has 0 radical (unpaired) electrons. The lowest BCUT2D eigenvalue weighted by Gasteiger charge is -2.31. The number of nitrogens with one attached hydrogen (secondary N) is 2. The van der Waals surface area contributed by atoms with Crippen LogP contribution in [-0.4, -0.2) is 65.1 Å². The summed E-state index contributed by atoms with van der Waals surface area (Å²) < 4.78 is 1.85. The first-order chi connectivity index (χ1) is 12.2. The predicted octanol–water partition coefficient (Wildman–Crippen LogP) is 1.59. The van der Waals surface area contributed by atoms with Gasteiger partial charge in [0, 0.05) is 12.6 Å². The summed E-state index contributed by atoms with van der Waals surface area (Å²) in [5, 5.41) is 14.5. The topological polar surface area (TPSA) is 75.1 Å². The van der Waals surface area contributed by atoms with Crippen LogP contribution in [0.25, 0.3) is 0 Å². The van der Waals surface area contributed by atoms with Crippen molar-refractivity contribution in [2.75, 3.05) is 33.2 Å². The summed E-state index contributed by atoms with van der Waals surface area (Å²) in [6, 6.07) is 1.09. The molecule has 1 aliphatic carbocycles. The van der Waals surface area contributed by atoms with Gasteiger partial charge >= 0.3 is 0 Å². The van der Waals surface area contributed by atoms with Crippen LogP contribution >= 0.6 is 0 Å². The first-order valence-electron chi connectivity index (χ1n) is 9.85. The zero-order valence-electron chi connectivity index (χ0n) is 15.4. The van der Waals surface area contributed by atoms with Crippen molar-refractivity contribution in [2.24, 2.45) is 0 Å². The molecule has 0 unspecified atom stereocenters. The maximum atomic E-state index is 12.2. The molecule has 2 N–H and O–H groups in total. The van der Waals surface area contributed by atoms with Gasteiger partial charge in [0.25, 0.3) is 5.91 Å². The SMILES string of the molecule is CN(CCCNC(=O)c1cn(C2CCNCC2)nn1)C1CCCCC1. The van der Waals surface area contributed by atoms with E-state index in [4.69, 9.17) is 0 Å². The van der Waals surface area contributed by atoms with E-state index in [-0.39, 0.29) is 5.91 Å². The Labute approximate surface area is 150 Å². The second-order valence-corrected chi connectivity index (χ2v) is 7.45. The number of aromatic nitrogens is 3. The van der Waals surface area contributed by atoms with Crippen LogP contribution < -0.4 is 10.6 Å². The maximum Gasteiger partial charge on any atom is 0.273 e. The molecule has 25 heavy (non-hydrogen) atoms. The van der Waals surface area contributed by atoms with Crippen molar-refractivity contribution in [3.8, 4) is 0 Å². The van der Waals surface area contributed by atoms with Gasteiger partial charge in [-0.1, -0.05) is 24.5 Å². The molecule has 7 heteroatoms. The Balaban J connectivity index is 1.37. The van der Waals surface area contributed by atoms with E-state index in [0.717, 1.165) is 44.9 Å². The van der Waals surface area contributed by atoms with Gasteiger partial charge in [-0.15, -0.1) is 5.10 Å². The quantitative estimate of drug-likeness (QED) is 0.732. The molecule has 0 spiro atoms. The van der Waals surface area contributed by atoms with Gasteiger partial charge in [0.15, 0.2) is 5.69 Å². The number of hydrogen-bond donors (Lipinski definition) is 2. The molecule has 0 bridgehead atoms. The second-order valence-electron chi connectivity index (χ2n) is 7.45. The number of amides is 1. The van der Waals surface area contributed by atoms with Gasteiger partial charge in [0.05, 0.1) is 12.2 Å². The largest absolute Gasteiger partial charge is 0.351 e. The monoisotopic (exact) mass is 348 g/mol. The first-order valence-corrected chi connectivity index (χ1v) is 9.85. The van der Waals surface area contributed by atoms with Gasteiger partial charge in [0.1, 0.15) is 0 Å². The molecule has 7 nitrogen and oxygen atoms in total. The van der Waals surface area contributed by atoms with Crippen LogP contribution in [0, 0.1) is 0 Å². The van der Waals surface area contributed by atoms with Crippen molar-refractivity contribution < 1.29 is 4.79 Å². The van der Waals surface area contributed by atoms with Crippen molar-refractivity contribution in [3.05, 3.63) is 11.9 Å². The molecule has 1 saturated heterocycles. The van der Waals surface area contributed by atoms with Crippen LogP contribution in [0.4, 0.5) is 0 Å². The van der Waals surface area contributed by atoms with E-state index < -0.39 is 0 Å². The minimum atomic E-state index is -0.111. The molecule has 3 rings (SSSR count). The minimum absolute atomic E-state index is 0.111. The van der Waals surface area contributed by atoms with Crippen molar-refractivity contribution in [3.63, 3.8) is 0 Å². The smallest absolute Gasteiger partial charge is 0.273 e. The Morgan fingerprint density at radius 1 is 1.28 bits per heavy atom. The Bertz CT molecular complexity index is 533. The van der Waals surface area contributed by atoms with Crippen molar-refractivity contribution >= 4 is 5.91 Å². The lowest BCUT2D eigenvalue weighted by molar-refractivity contribution is 0.0945. The van der Waals surface area contributed by atoms with Crippen molar-refractivity contribution in [1.29, 1.82) is 0 Å². The van der Waals surface area contributed by atoms with Gasteiger partial charge in [-0.05, 0) is 58.8 Å². The lowest BCUT2D eigenvalue weighted by Crippen LogP contribution is -2.35. The van der Waals surface area contributed by atoms with E-state index in [0.29, 0.717) is 18.3 Å². The highest BCUT2D eigenvalue weighted by Gasteiger charge is 2.19. The number of rotatable bonds is 7. The third-order valence-corrected chi connectivity index (χ3v) is 5.60. The van der Waals surface area contributed by atoms with Crippen molar-refractivity contribution in [1.82, 2.24) is 30.5 Å². The molecule has 1 saturated carbocycles. The van der Waals surface area contributed by atoms with Gasteiger partial charge in [-0.25, -0.2) is 4.68 Å². The summed E-state index contributed by atoms with van der Waals surface area (Å²) in [5.41, 5.74) is 0.430. The van der Waals surface area contributed by atoms with E-state index in [2.05, 4.69) is 32.9 Å². The summed E-state index contributed by atoms with van der Waals surface area (Å²) in [6.07, 6.45) is 11.6. The Morgan fingerprint density at radius 2 is 2.04 bits per heavy atom. The highest BCUT2D eigenvalue weighted by Crippen LogP contribution is 2.21. The van der Waals surface area contributed by atoms with Gasteiger partial charge in [0.2, 0.25) is 0 Å². The van der Waals surface area contributed by atoms with Gasteiger partial charge < -0.3 is 15.5 Å². The summed E-state index contributed by atoms with van der Waals surface area (Å²) in [5.74, 6) is -0.111. The number of hydrogen-bond acceptors (Lipinski definition) is 5. The van der Waals surface area contributed by atoms with Gasteiger partial charge in [-0.3, -0.25) is 4.79 Å². The number of carbonyl (C=O) groups is 1. The summed E-state index contributed by atoms with van der Waals surface area (Å²) in [6.45, 7) is 3.73. The molecule has 1 aliphatic heterocycles. The number of piperidine rings is 1. The standard InChI is InChI=1S/C18H32N6O/c1-23(15-6-3-2-4-7-15)13-5-10-20-18(25)17-14-24(22-21-17)16-8-11-19-12-9-16/h14-16,19H,2-13H2,1H3,(H,20,25). The van der Waals surface area contributed by atoms with Crippen LogP contribution in [0.5, 0.6) is 0 Å². The Morgan fingerprint density at radius 3 is 2.80 bits per heavy atom. The fraction of sp³-hybridized carbons (Fsp3) is 0.833. The van der Waals surface area contributed by atoms with E-state index >= 15 is 0 Å². The Kier molecular flexibility index (Phi) is 6.81. The fourth-order valence-corrected chi connectivity index (χ4v) is 3.96. The maximum absolute atomic E-state index is 12.2. The normalized spacial score (nSPS) is 20.1. The number of carbonyl (C=O) groups excluding carboxylic acids is 1. The van der Waals surface area contributed by atoms with Crippen LogP contribution in [0.3, 0.4) is 0 Å². The average Bonchev–Trinajstić information content (AvgIpc) is 3.16. The molecule has 1 aromatic rings. The molecular formula is C18H32N6O. The van der Waals surface area contributed by atoms with Crippen LogP contribution in [0.15, 0.2) is 6.20 Å². The highest BCUT2D eigenvalue weighted by atomic mass is 16.2. The van der Waals surface area contributed by atoms with Gasteiger partial charge in [-0.2, -0.15) is 0 Å². The molecule has 2 heterocycles. The summed E-state index contributed by atoms with van der Waals surface area (Å²) in [7, 11) is 2.21. The summed E-state index contributed by atoms with van der Waals surface area (Å²) >= 11 is 0. The van der Waals surface area contributed by atoms with E-state index in [1.807, 2.05) is 4.68 Å². The third kappa shape index (κ3) is 5.25. The van der Waals surface area contributed by atoms with Crippen LogP contribution in [0.2, 0.25) is 0 Å². The average molecular weight is 348 g/mol. The van der Waals surface area contributed by atoms with E-state index in [1.165, 1.54) is 32.1 Å². The van der Waals surface area contributed by atoms with E-state index in [9.17, 15) is 4.79 Å². The lowest BCUT2D eigenvalue weighted by atomic mass is 9.94. The zero-order valence-corrected chi connectivity index (χ0v) is 15.4. The predicted molar refractivity (Wildman–Crippen MR) is 97.6 cm³/mol. The van der Waals surface area contributed by atoms with Crippen molar-refractivity contribution in [2.45, 2.75) is 63.5 Å². The molecule has 140 valence electrons. The zero-order chi connectivity index (χ0) is 17.5. The van der Waals surface area contributed by atoms with Crippen LogP contribution in [-0.2, 0) is 0 Å². The highest BCUT2D eigenvalue weighted by molar-refractivity contribution is 5.91. The molecule has 2 fully saturated rings. The molecule has 1 aromatic heterocycles. The summed E-state index contributed by atoms with van der Waals surface area (Å²) in [4.78, 5) is 14.7. The molecule has 2 aliphatic rings. The Hall–Kier alpha value is -1.47. The molecule has 1 amide bonds. The minimum Gasteiger partial charge on any atom is -0.351 e. The number of nitrogens with zero attached hydrogens (tertiary/aromatic N) is 4. The molecular weight excluding hydrogens is 316 g/mol. The van der Waals surface area contributed by atoms with Crippen LogP contribution in [0.1, 0.15) is 67.9 Å². The molecule has 0 atom stereocenters.